The van der Waals surface area contributed by atoms with E-state index in [9.17, 15) is 0 Å². The zero-order valence-electron chi connectivity index (χ0n) is 14.1. The van der Waals surface area contributed by atoms with E-state index in [-0.39, 0.29) is 12.1 Å². The second-order valence-electron chi connectivity index (χ2n) is 6.71. The largest absolute Gasteiger partial charge is 0.362 e. The minimum atomic E-state index is 0.0800. The van der Waals surface area contributed by atoms with Crippen LogP contribution in [0.25, 0.3) is 0 Å². The number of H-pyrrole nitrogens is 1. The summed E-state index contributed by atoms with van der Waals surface area (Å²) in [4.78, 5) is 10.3. The molecule has 2 atom stereocenters. The number of hydrogen-bond donors (Lipinski definition) is 2. The summed E-state index contributed by atoms with van der Waals surface area (Å²) in [5.41, 5.74) is 4.71. The minimum Gasteiger partial charge on any atom is -0.362 e. The van der Waals surface area contributed by atoms with E-state index in [1.807, 2.05) is 18.3 Å². The number of rotatable bonds is 4. The number of pyridine rings is 1. The van der Waals surface area contributed by atoms with Crippen molar-refractivity contribution in [1.82, 2.24) is 20.2 Å². The molecule has 1 saturated heterocycles. The van der Waals surface area contributed by atoms with Crippen molar-refractivity contribution in [3.05, 3.63) is 53.1 Å². The van der Waals surface area contributed by atoms with Crippen LogP contribution in [0.15, 0.2) is 30.5 Å². The van der Waals surface area contributed by atoms with Crippen LogP contribution in [0.3, 0.4) is 0 Å². The van der Waals surface area contributed by atoms with Crippen LogP contribution in [0.2, 0.25) is 0 Å². The number of thiocarbonyl (C=S) groups is 1. The van der Waals surface area contributed by atoms with Gasteiger partial charge in [0, 0.05) is 24.1 Å². The van der Waals surface area contributed by atoms with Gasteiger partial charge in [-0.3, -0.25) is 4.98 Å². The van der Waals surface area contributed by atoms with Crippen LogP contribution in [-0.4, -0.2) is 26.5 Å². The molecule has 0 spiro atoms. The highest BCUT2D eigenvalue weighted by Gasteiger charge is 2.40. The first kappa shape index (κ1) is 16.0. The van der Waals surface area contributed by atoms with E-state index in [4.69, 9.17) is 12.2 Å². The predicted octanol–water partition coefficient (Wildman–Crippen LogP) is 3.66. The number of aromatic nitrogens is 2. The van der Waals surface area contributed by atoms with Gasteiger partial charge in [0.25, 0.3) is 0 Å². The molecule has 2 N–H and O–H groups in total. The van der Waals surface area contributed by atoms with Crippen molar-refractivity contribution in [2.45, 2.75) is 39.8 Å². The molecule has 0 amide bonds. The van der Waals surface area contributed by atoms with E-state index >= 15 is 0 Å². The zero-order valence-corrected chi connectivity index (χ0v) is 14.9. The fraction of sp³-hybridized carbons (Fsp3) is 0.444. The van der Waals surface area contributed by atoms with Gasteiger partial charge in [-0.15, -0.1) is 0 Å². The van der Waals surface area contributed by atoms with Crippen molar-refractivity contribution in [1.29, 1.82) is 0 Å². The van der Waals surface area contributed by atoms with E-state index in [0.29, 0.717) is 5.92 Å². The molecule has 2 aromatic heterocycles. The topological polar surface area (TPSA) is 44.0 Å². The molecule has 1 fully saturated rings. The standard InChI is InChI=1S/C18H24N4S/c1-11(2)10-22-17(14-9-12(3)20-13(14)4)16(21-18(22)23)15-7-5-6-8-19-15/h5-9,11,16-17,20H,10H2,1-4H3,(H,21,23)/t16-,17-/m1/s1. The Morgan fingerprint density at radius 1 is 1.30 bits per heavy atom. The van der Waals surface area contributed by atoms with Gasteiger partial charge in [-0.05, 0) is 55.7 Å². The van der Waals surface area contributed by atoms with Gasteiger partial charge in [-0.2, -0.15) is 0 Å². The summed E-state index contributed by atoms with van der Waals surface area (Å²) < 4.78 is 0. The molecule has 3 heterocycles. The summed E-state index contributed by atoms with van der Waals surface area (Å²) in [5.74, 6) is 0.542. The number of nitrogens with zero attached hydrogens (tertiary/aromatic N) is 2. The SMILES string of the molecule is Cc1cc([C@@H]2[C@@H](c3ccccn3)NC(=S)N2CC(C)C)c(C)[nH]1. The third kappa shape index (κ3) is 3.11. The number of aromatic amines is 1. The van der Waals surface area contributed by atoms with Gasteiger partial charge >= 0.3 is 0 Å². The molecule has 0 unspecified atom stereocenters. The Balaban J connectivity index is 2.05. The van der Waals surface area contributed by atoms with Gasteiger partial charge in [0.1, 0.15) is 0 Å². The molecule has 0 saturated carbocycles. The Kier molecular flexibility index (Phi) is 4.39. The Bertz CT molecular complexity index is 692. The first-order valence-electron chi connectivity index (χ1n) is 8.11. The van der Waals surface area contributed by atoms with Crippen molar-refractivity contribution in [2.24, 2.45) is 5.92 Å². The number of nitrogens with one attached hydrogen (secondary N) is 2. The summed E-state index contributed by atoms with van der Waals surface area (Å²) in [5, 5.41) is 4.31. The van der Waals surface area contributed by atoms with Crippen LogP contribution in [0.1, 0.15) is 48.6 Å². The fourth-order valence-corrected chi connectivity index (χ4v) is 3.70. The highest BCUT2D eigenvalue weighted by molar-refractivity contribution is 7.80. The monoisotopic (exact) mass is 328 g/mol. The lowest BCUT2D eigenvalue weighted by molar-refractivity contribution is 0.287. The van der Waals surface area contributed by atoms with Crippen molar-refractivity contribution in [2.75, 3.05) is 6.54 Å². The normalized spacial score (nSPS) is 21.1. The Hall–Kier alpha value is -1.88. The van der Waals surface area contributed by atoms with E-state index in [1.54, 1.807) is 0 Å². The summed E-state index contributed by atoms with van der Waals surface area (Å²) in [7, 11) is 0. The summed E-state index contributed by atoms with van der Waals surface area (Å²) >= 11 is 5.64. The molecule has 0 radical (unpaired) electrons. The first-order valence-corrected chi connectivity index (χ1v) is 8.52. The summed E-state index contributed by atoms with van der Waals surface area (Å²) in [6.45, 7) is 9.61. The van der Waals surface area contributed by atoms with Gasteiger partial charge in [0.15, 0.2) is 5.11 Å². The Morgan fingerprint density at radius 2 is 2.09 bits per heavy atom. The third-order valence-electron chi connectivity index (χ3n) is 4.27. The second kappa shape index (κ2) is 6.32. The van der Waals surface area contributed by atoms with Crippen molar-refractivity contribution >= 4 is 17.3 Å². The van der Waals surface area contributed by atoms with Gasteiger partial charge in [-0.25, -0.2) is 0 Å². The number of hydrogen-bond acceptors (Lipinski definition) is 2. The maximum absolute atomic E-state index is 5.64. The van der Waals surface area contributed by atoms with Crippen LogP contribution in [0, 0.1) is 19.8 Å². The van der Waals surface area contributed by atoms with Crippen molar-refractivity contribution in [3.63, 3.8) is 0 Å². The van der Waals surface area contributed by atoms with Crippen LogP contribution in [0.5, 0.6) is 0 Å². The average Bonchev–Trinajstić information content (AvgIpc) is 2.99. The van der Waals surface area contributed by atoms with Crippen LogP contribution in [-0.2, 0) is 0 Å². The second-order valence-corrected chi connectivity index (χ2v) is 7.09. The lowest BCUT2D eigenvalue weighted by Crippen LogP contribution is -2.33. The van der Waals surface area contributed by atoms with E-state index in [1.165, 1.54) is 17.0 Å². The maximum Gasteiger partial charge on any atom is 0.170 e. The van der Waals surface area contributed by atoms with Crippen LogP contribution >= 0.6 is 12.2 Å². The molecule has 4 nitrogen and oxygen atoms in total. The molecule has 0 aliphatic carbocycles. The highest BCUT2D eigenvalue weighted by atomic mass is 32.1. The van der Waals surface area contributed by atoms with Gasteiger partial charge < -0.3 is 15.2 Å². The molecule has 1 aliphatic heterocycles. The number of aryl methyl sites for hydroxylation is 2. The zero-order chi connectivity index (χ0) is 16.6. The predicted molar refractivity (Wildman–Crippen MR) is 97.3 cm³/mol. The molecule has 23 heavy (non-hydrogen) atoms. The van der Waals surface area contributed by atoms with Crippen molar-refractivity contribution < 1.29 is 0 Å². The quantitative estimate of drug-likeness (QED) is 0.841. The van der Waals surface area contributed by atoms with Gasteiger partial charge in [-0.1, -0.05) is 19.9 Å². The van der Waals surface area contributed by atoms with Crippen molar-refractivity contribution in [3.8, 4) is 0 Å². The smallest absolute Gasteiger partial charge is 0.170 e. The molecule has 3 rings (SSSR count). The van der Waals surface area contributed by atoms with E-state index < -0.39 is 0 Å². The molecule has 5 heteroatoms. The molecule has 122 valence electrons. The van der Waals surface area contributed by atoms with Gasteiger partial charge in [0.05, 0.1) is 17.8 Å². The molecule has 0 aromatic carbocycles. The van der Waals surface area contributed by atoms with E-state index in [2.05, 4.69) is 60.0 Å². The lowest BCUT2D eigenvalue weighted by Gasteiger charge is -2.29. The van der Waals surface area contributed by atoms with Gasteiger partial charge in [0.2, 0.25) is 0 Å². The highest BCUT2D eigenvalue weighted by Crippen LogP contribution is 2.40. The third-order valence-corrected chi connectivity index (χ3v) is 4.62. The average molecular weight is 328 g/mol. The fourth-order valence-electron chi connectivity index (χ4n) is 3.39. The van der Waals surface area contributed by atoms with Crippen LogP contribution < -0.4 is 5.32 Å². The Labute approximate surface area is 143 Å². The molecule has 2 aromatic rings. The molecular formula is C18H24N4S. The maximum atomic E-state index is 5.64. The van der Waals surface area contributed by atoms with Crippen LogP contribution in [0.4, 0.5) is 0 Å². The summed E-state index contributed by atoms with van der Waals surface area (Å²) in [6, 6.07) is 8.54. The molecule has 1 aliphatic rings. The summed E-state index contributed by atoms with van der Waals surface area (Å²) in [6.07, 6.45) is 1.84. The van der Waals surface area contributed by atoms with E-state index in [0.717, 1.165) is 17.4 Å². The first-order chi connectivity index (χ1) is 11.0. The minimum absolute atomic E-state index is 0.0800. The Morgan fingerprint density at radius 3 is 2.65 bits per heavy atom. The molecule has 0 bridgehead atoms. The lowest BCUT2D eigenvalue weighted by atomic mass is 9.96. The molecular weight excluding hydrogens is 304 g/mol.